The van der Waals surface area contributed by atoms with Crippen molar-refractivity contribution in [1.82, 2.24) is 0 Å². The highest BCUT2D eigenvalue weighted by Gasteiger charge is 2.22. The highest BCUT2D eigenvalue weighted by atomic mass is 32.2. The number of hydrogen-bond acceptors (Lipinski definition) is 1. The first-order valence-electron chi connectivity index (χ1n) is 15.9. The zero-order valence-corrected chi connectivity index (χ0v) is 29.7. The molecule has 0 radical (unpaired) electrons. The third kappa shape index (κ3) is 8.66. The lowest BCUT2D eigenvalue weighted by atomic mass is 9.79. The fourth-order valence-electron chi connectivity index (χ4n) is 5.19. The van der Waals surface area contributed by atoms with Gasteiger partial charge in [0.05, 0.1) is 0 Å². The van der Waals surface area contributed by atoms with Crippen molar-refractivity contribution in [1.29, 1.82) is 0 Å². The molecule has 43 heavy (non-hydrogen) atoms. The Morgan fingerprint density at radius 2 is 0.605 bits per heavy atom. The summed E-state index contributed by atoms with van der Waals surface area (Å²) in [6, 6.07) is 32.7. The number of benzene rings is 4. The number of thioether (sulfide) groups is 1. The predicted molar refractivity (Wildman–Crippen MR) is 194 cm³/mol. The van der Waals surface area contributed by atoms with Gasteiger partial charge in [-0.2, -0.15) is 11.8 Å². The van der Waals surface area contributed by atoms with E-state index in [1.807, 2.05) is 11.8 Å². The van der Waals surface area contributed by atoms with Gasteiger partial charge in [0.15, 0.2) is 0 Å². The van der Waals surface area contributed by atoms with Crippen molar-refractivity contribution in [2.24, 2.45) is 0 Å². The molecule has 0 saturated carbocycles. The van der Waals surface area contributed by atoms with Gasteiger partial charge in [0.25, 0.3) is 0 Å². The van der Waals surface area contributed by atoms with Gasteiger partial charge in [-0.3, -0.25) is 0 Å². The lowest BCUT2D eigenvalue weighted by Crippen LogP contribution is -2.16. The van der Waals surface area contributed by atoms with Crippen molar-refractivity contribution < 1.29 is 0 Å². The summed E-state index contributed by atoms with van der Waals surface area (Å²) in [6.45, 7) is 27.7. The molecule has 0 unspecified atom stereocenters. The first-order chi connectivity index (χ1) is 19.8. The van der Waals surface area contributed by atoms with Crippen molar-refractivity contribution in [3.8, 4) is 22.3 Å². The predicted octanol–water partition coefficient (Wildman–Crippen LogP) is 12.6. The first kappa shape index (κ1) is 33.1. The minimum Gasteiger partial charge on any atom is -0.152 e. The maximum absolute atomic E-state index is 2.40. The molecular weight excluding hydrogens is 537 g/mol. The van der Waals surface area contributed by atoms with Crippen LogP contribution in [0.25, 0.3) is 22.3 Å². The Labute approximate surface area is 267 Å². The maximum atomic E-state index is 2.40. The second-order valence-corrected chi connectivity index (χ2v) is 17.5. The minimum atomic E-state index is 0.122. The fraction of sp³-hybridized carbons (Fsp3) is 0.429. The van der Waals surface area contributed by atoms with Gasteiger partial charge in [0.1, 0.15) is 0 Å². The molecule has 0 aromatic heterocycles. The minimum absolute atomic E-state index is 0.122. The van der Waals surface area contributed by atoms with Gasteiger partial charge in [-0.25, -0.2) is 0 Å². The number of rotatable bonds is 6. The highest BCUT2D eigenvalue weighted by Crippen LogP contribution is 2.36. The van der Waals surface area contributed by atoms with Gasteiger partial charge in [0, 0.05) is 11.5 Å². The zero-order chi connectivity index (χ0) is 31.8. The summed E-state index contributed by atoms with van der Waals surface area (Å²) in [7, 11) is 0. The third-order valence-electron chi connectivity index (χ3n) is 8.44. The van der Waals surface area contributed by atoms with Gasteiger partial charge in [-0.1, -0.05) is 168 Å². The van der Waals surface area contributed by atoms with Crippen LogP contribution < -0.4 is 0 Å². The van der Waals surface area contributed by atoms with Gasteiger partial charge in [-0.15, -0.1) is 0 Å². The van der Waals surface area contributed by atoms with Crippen LogP contribution in [0.5, 0.6) is 0 Å². The molecule has 0 atom stereocenters. The molecule has 0 bridgehead atoms. The van der Waals surface area contributed by atoms with E-state index in [1.54, 1.807) is 0 Å². The Morgan fingerprint density at radius 1 is 0.349 bits per heavy atom. The van der Waals surface area contributed by atoms with Gasteiger partial charge < -0.3 is 0 Å². The van der Waals surface area contributed by atoms with E-state index in [0.717, 1.165) is 11.5 Å². The SMILES string of the molecule is CC(C)(C)c1cc(-c2ccc(CSCc3ccc(-c4cc(C(C)(C)C)cc(C(C)(C)C)c4)cc3)cc2)cc(C(C)(C)C)c1. The van der Waals surface area contributed by atoms with Crippen LogP contribution in [-0.2, 0) is 33.2 Å². The molecule has 0 spiro atoms. The van der Waals surface area contributed by atoms with Crippen molar-refractivity contribution in [2.45, 2.75) is 116 Å². The monoisotopic (exact) mass is 590 g/mol. The molecule has 0 aliphatic carbocycles. The van der Waals surface area contributed by atoms with E-state index < -0.39 is 0 Å². The quantitative estimate of drug-likeness (QED) is 0.215. The first-order valence-corrected chi connectivity index (χ1v) is 17.0. The molecule has 4 aromatic rings. The normalized spacial score (nSPS) is 12.9. The van der Waals surface area contributed by atoms with Crippen LogP contribution in [-0.4, -0.2) is 0 Å². The molecule has 0 N–H and O–H groups in total. The van der Waals surface area contributed by atoms with Gasteiger partial charge >= 0.3 is 0 Å². The molecule has 0 aliphatic rings. The summed E-state index contributed by atoms with van der Waals surface area (Å²) in [5, 5.41) is 0. The Kier molecular flexibility index (Phi) is 9.49. The molecule has 4 rings (SSSR count). The molecule has 0 nitrogen and oxygen atoms in total. The van der Waals surface area contributed by atoms with Crippen molar-refractivity contribution >= 4 is 11.8 Å². The molecule has 0 aliphatic heterocycles. The van der Waals surface area contributed by atoms with E-state index in [0.29, 0.717) is 0 Å². The van der Waals surface area contributed by atoms with Crippen LogP contribution in [0.2, 0.25) is 0 Å². The smallest absolute Gasteiger partial charge is 0.0187 e. The van der Waals surface area contributed by atoms with Crippen LogP contribution in [0.4, 0.5) is 0 Å². The molecule has 0 heterocycles. The molecule has 228 valence electrons. The lowest BCUT2D eigenvalue weighted by molar-refractivity contribution is 0.568. The Morgan fingerprint density at radius 3 is 0.837 bits per heavy atom. The molecule has 1 heteroatoms. The summed E-state index contributed by atoms with van der Waals surface area (Å²) in [5.74, 6) is 2.03. The third-order valence-corrected chi connectivity index (χ3v) is 9.52. The van der Waals surface area contributed by atoms with Crippen molar-refractivity contribution in [3.63, 3.8) is 0 Å². The summed E-state index contributed by atoms with van der Waals surface area (Å²) in [4.78, 5) is 0. The molecule has 0 amide bonds. The van der Waals surface area contributed by atoms with E-state index >= 15 is 0 Å². The molecular formula is C42H54S. The second-order valence-electron chi connectivity index (χ2n) is 16.5. The van der Waals surface area contributed by atoms with E-state index in [2.05, 4.69) is 168 Å². The van der Waals surface area contributed by atoms with Crippen molar-refractivity contribution in [2.75, 3.05) is 0 Å². The van der Waals surface area contributed by atoms with Crippen LogP contribution in [0.15, 0.2) is 84.9 Å². The van der Waals surface area contributed by atoms with E-state index in [1.165, 1.54) is 55.6 Å². The average molecular weight is 591 g/mol. The summed E-state index contributed by atoms with van der Waals surface area (Å²) >= 11 is 1.99. The lowest BCUT2D eigenvalue weighted by Gasteiger charge is -2.26. The van der Waals surface area contributed by atoms with E-state index in [-0.39, 0.29) is 21.7 Å². The Balaban J connectivity index is 1.44. The van der Waals surface area contributed by atoms with Crippen molar-refractivity contribution in [3.05, 3.63) is 118 Å². The second kappa shape index (κ2) is 12.3. The fourth-order valence-corrected chi connectivity index (χ4v) is 6.15. The van der Waals surface area contributed by atoms with Gasteiger partial charge in [0.2, 0.25) is 0 Å². The van der Waals surface area contributed by atoms with E-state index in [9.17, 15) is 0 Å². The molecule has 0 fully saturated rings. The van der Waals surface area contributed by atoms with Crippen LogP contribution in [0, 0.1) is 0 Å². The van der Waals surface area contributed by atoms with E-state index in [4.69, 9.17) is 0 Å². The molecule has 0 saturated heterocycles. The largest absolute Gasteiger partial charge is 0.152 e. The van der Waals surface area contributed by atoms with Gasteiger partial charge in [-0.05, 0) is 77.3 Å². The van der Waals surface area contributed by atoms with Crippen LogP contribution in [0.1, 0.15) is 116 Å². The standard InChI is InChI=1S/C42H54S/c1-39(2,3)35-21-33(22-36(25-35)40(4,5)6)31-17-13-29(14-18-31)27-43-28-30-15-19-32(20-16-30)34-23-37(41(7,8)9)26-38(24-34)42(10,11)12/h13-26H,27-28H2,1-12H3. The zero-order valence-electron chi connectivity index (χ0n) is 28.9. The topological polar surface area (TPSA) is 0 Å². The Bertz CT molecular complexity index is 1340. The highest BCUT2D eigenvalue weighted by molar-refractivity contribution is 7.97. The van der Waals surface area contributed by atoms with Crippen LogP contribution >= 0.6 is 11.8 Å². The summed E-state index contributed by atoms with van der Waals surface area (Å²) in [5.41, 5.74) is 14.1. The Hall–Kier alpha value is -2.77. The number of hydrogen-bond donors (Lipinski definition) is 0. The average Bonchev–Trinajstić information content (AvgIpc) is 2.91. The maximum Gasteiger partial charge on any atom is 0.0187 e. The molecule has 4 aromatic carbocycles. The summed E-state index contributed by atoms with van der Waals surface area (Å²) < 4.78 is 0. The summed E-state index contributed by atoms with van der Waals surface area (Å²) in [6.07, 6.45) is 0. The van der Waals surface area contributed by atoms with Crippen LogP contribution in [0.3, 0.4) is 0 Å².